The van der Waals surface area contributed by atoms with Gasteiger partial charge in [0.25, 0.3) is 0 Å². The van der Waals surface area contributed by atoms with E-state index < -0.39 is 5.97 Å². The Morgan fingerprint density at radius 3 is 2.50 bits per heavy atom. The van der Waals surface area contributed by atoms with E-state index in [-0.39, 0.29) is 6.42 Å². The van der Waals surface area contributed by atoms with Gasteiger partial charge in [-0.05, 0) is 43.9 Å². The van der Waals surface area contributed by atoms with Crippen LogP contribution in [0.4, 0.5) is 0 Å². The average molecular weight is 245 g/mol. The van der Waals surface area contributed by atoms with Crippen LogP contribution >= 0.6 is 0 Å². The maximum atomic E-state index is 10.7. The maximum Gasteiger partial charge on any atom is 0.303 e. The van der Waals surface area contributed by atoms with Crippen LogP contribution in [0.1, 0.15) is 28.8 Å². The molecule has 2 aromatic rings. The number of benzene rings is 1. The summed E-state index contributed by atoms with van der Waals surface area (Å²) >= 11 is 0. The molecule has 1 heterocycles. The van der Waals surface area contributed by atoms with Gasteiger partial charge in [0, 0.05) is 18.1 Å². The Labute approximate surface area is 107 Å². The topological polar surface area (TPSA) is 42.2 Å². The lowest BCUT2D eigenvalue weighted by molar-refractivity contribution is -0.136. The number of rotatable bonds is 3. The first-order chi connectivity index (χ1) is 8.43. The van der Waals surface area contributed by atoms with Crippen LogP contribution in [-0.2, 0) is 18.3 Å². The zero-order valence-corrected chi connectivity index (χ0v) is 11.4. The number of carboxylic acids is 1. The molecule has 0 amide bonds. The number of fused-ring (bicyclic) bond motifs is 1. The van der Waals surface area contributed by atoms with E-state index in [0.29, 0.717) is 6.42 Å². The van der Waals surface area contributed by atoms with Crippen LogP contribution in [0.2, 0.25) is 0 Å². The van der Waals surface area contributed by atoms with Gasteiger partial charge in [-0.15, -0.1) is 0 Å². The van der Waals surface area contributed by atoms with Crippen molar-refractivity contribution in [3.8, 4) is 0 Å². The highest BCUT2D eigenvalue weighted by molar-refractivity contribution is 5.88. The Balaban J connectivity index is 2.62. The fourth-order valence-electron chi connectivity index (χ4n) is 2.66. The molecule has 0 fully saturated rings. The summed E-state index contributed by atoms with van der Waals surface area (Å²) in [6, 6.07) is 4.27. The summed E-state index contributed by atoms with van der Waals surface area (Å²) in [4.78, 5) is 10.7. The zero-order chi connectivity index (χ0) is 13.4. The summed E-state index contributed by atoms with van der Waals surface area (Å²) in [5.41, 5.74) is 6.11. The van der Waals surface area contributed by atoms with Crippen LogP contribution in [0.3, 0.4) is 0 Å². The first-order valence-electron chi connectivity index (χ1n) is 6.19. The second-order valence-corrected chi connectivity index (χ2v) is 4.93. The lowest BCUT2D eigenvalue weighted by Crippen LogP contribution is -2.03. The number of aryl methyl sites for hydroxylation is 4. The molecular formula is C15H19NO2. The molecule has 0 spiro atoms. The third-order valence-electron chi connectivity index (χ3n) is 3.85. The third kappa shape index (κ3) is 1.90. The van der Waals surface area contributed by atoms with Gasteiger partial charge in [0.15, 0.2) is 0 Å². The SMILES string of the molecule is Cc1ccc2c(C)c(CCC(=O)O)n(C)c2c1C. The minimum atomic E-state index is -0.743. The van der Waals surface area contributed by atoms with Crippen LogP contribution in [0.25, 0.3) is 10.9 Å². The number of nitrogens with zero attached hydrogens (tertiary/aromatic N) is 1. The van der Waals surface area contributed by atoms with E-state index in [1.165, 1.54) is 27.6 Å². The molecule has 18 heavy (non-hydrogen) atoms. The molecule has 2 rings (SSSR count). The van der Waals surface area contributed by atoms with Gasteiger partial charge in [-0.3, -0.25) is 4.79 Å². The van der Waals surface area contributed by atoms with E-state index in [1.54, 1.807) is 0 Å². The molecule has 3 nitrogen and oxygen atoms in total. The van der Waals surface area contributed by atoms with E-state index in [1.807, 2.05) is 7.05 Å². The fourth-order valence-corrected chi connectivity index (χ4v) is 2.66. The number of aromatic nitrogens is 1. The van der Waals surface area contributed by atoms with Gasteiger partial charge in [0.2, 0.25) is 0 Å². The lowest BCUT2D eigenvalue weighted by Gasteiger charge is -2.07. The molecule has 0 saturated carbocycles. The largest absolute Gasteiger partial charge is 0.481 e. The molecule has 1 aromatic heterocycles. The number of carbonyl (C=O) groups is 1. The Kier molecular flexibility index (Phi) is 3.16. The average Bonchev–Trinajstić information content (AvgIpc) is 2.54. The van der Waals surface area contributed by atoms with Gasteiger partial charge in [0.1, 0.15) is 0 Å². The molecule has 0 unspecified atom stereocenters. The molecule has 3 heteroatoms. The summed E-state index contributed by atoms with van der Waals surface area (Å²) in [5, 5.41) is 10.1. The Morgan fingerprint density at radius 1 is 1.22 bits per heavy atom. The molecular weight excluding hydrogens is 226 g/mol. The molecule has 0 aliphatic carbocycles. The van der Waals surface area contributed by atoms with Gasteiger partial charge in [-0.1, -0.05) is 12.1 Å². The summed E-state index contributed by atoms with van der Waals surface area (Å²) in [6.07, 6.45) is 0.772. The standard InChI is InChI=1S/C15H19NO2/c1-9-5-6-12-11(3)13(7-8-14(17)18)16(4)15(12)10(9)2/h5-6H,7-8H2,1-4H3,(H,17,18). The van der Waals surface area contributed by atoms with Crippen molar-refractivity contribution in [2.24, 2.45) is 7.05 Å². The predicted molar refractivity (Wildman–Crippen MR) is 73.1 cm³/mol. The maximum absolute atomic E-state index is 10.7. The van der Waals surface area contributed by atoms with E-state index >= 15 is 0 Å². The molecule has 0 radical (unpaired) electrons. The summed E-state index contributed by atoms with van der Waals surface area (Å²) in [7, 11) is 2.03. The molecule has 0 saturated heterocycles. The van der Waals surface area contributed by atoms with Crippen LogP contribution in [0, 0.1) is 20.8 Å². The zero-order valence-electron chi connectivity index (χ0n) is 11.4. The van der Waals surface area contributed by atoms with Crippen LogP contribution in [-0.4, -0.2) is 15.6 Å². The fraction of sp³-hybridized carbons (Fsp3) is 0.400. The molecule has 0 bridgehead atoms. The van der Waals surface area contributed by atoms with Crippen LogP contribution in [0.15, 0.2) is 12.1 Å². The smallest absolute Gasteiger partial charge is 0.303 e. The van der Waals surface area contributed by atoms with Crippen LogP contribution < -0.4 is 0 Å². The number of carboxylic acid groups (broad SMARTS) is 1. The van der Waals surface area contributed by atoms with Gasteiger partial charge in [0.05, 0.1) is 11.9 Å². The molecule has 1 N–H and O–H groups in total. The Bertz CT molecular complexity index is 623. The highest BCUT2D eigenvalue weighted by Gasteiger charge is 2.14. The number of hydrogen-bond acceptors (Lipinski definition) is 1. The van der Waals surface area contributed by atoms with Gasteiger partial charge in [-0.25, -0.2) is 0 Å². The van der Waals surface area contributed by atoms with Crippen LogP contribution in [0.5, 0.6) is 0 Å². The molecule has 0 aliphatic heterocycles. The number of aliphatic carboxylic acids is 1. The second-order valence-electron chi connectivity index (χ2n) is 4.93. The van der Waals surface area contributed by atoms with Crippen molar-refractivity contribution in [3.63, 3.8) is 0 Å². The second kappa shape index (κ2) is 4.48. The van der Waals surface area contributed by atoms with E-state index in [0.717, 1.165) is 5.69 Å². The first kappa shape index (κ1) is 12.7. The van der Waals surface area contributed by atoms with E-state index in [2.05, 4.69) is 37.5 Å². The highest BCUT2D eigenvalue weighted by atomic mass is 16.4. The van der Waals surface area contributed by atoms with Crippen molar-refractivity contribution in [2.75, 3.05) is 0 Å². The van der Waals surface area contributed by atoms with E-state index in [9.17, 15) is 4.79 Å². The quantitative estimate of drug-likeness (QED) is 0.902. The monoisotopic (exact) mass is 245 g/mol. The van der Waals surface area contributed by atoms with Gasteiger partial charge < -0.3 is 9.67 Å². The van der Waals surface area contributed by atoms with Crippen molar-refractivity contribution in [3.05, 3.63) is 34.5 Å². The molecule has 0 aliphatic rings. The third-order valence-corrected chi connectivity index (χ3v) is 3.85. The Hall–Kier alpha value is -1.77. The highest BCUT2D eigenvalue weighted by Crippen LogP contribution is 2.29. The van der Waals surface area contributed by atoms with Crippen molar-refractivity contribution in [2.45, 2.75) is 33.6 Å². The minimum absolute atomic E-state index is 0.184. The van der Waals surface area contributed by atoms with E-state index in [4.69, 9.17) is 5.11 Å². The predicted octanol–water partition coefficient (Wildman–Crippen LogP) is 3.12. The summed E-state index contributed by atoms with van der Waals surface area (Å²) < 4.78 is 2.15. The number of hydrogen-bond donors (Lipinski definition) is 1. The first-order valence-corrected chi connectivity index (χ1v) is 6.19. The summed E-state index contributed by atoms with van der Waals surface area (Å²) in [5.74, 6) is -0.743. The summed E-state index contributed by atoms with van der Waals surface area (Å²) in [6.45, 7) is 6.31. The van der Waals surface area contributed by atoms with Gasteiger partial charge in [-0.2, -0.15) is 0 Å². The molecule has 96 valence electrons. The van der Waals surface area contributed by atoms with Crippen molar-refractivity contribution < 1.29 is 9.90 Å². The minimum Gasteiger partial charge on any atom is -0.481 e. The normalized spacial score (nSPS) is 11.1. The van der Waals surface area contributed by atoms with Crippen molar-refractivity contribution in [1.29, 1.82) is 0 Å². The molecule has 1 aromatic carbocycles. The molecule has 0 atom stereocenters. The van der Waals surface area contributed by atoms with Crippen molar-refractivity contribution >= 4 is 16.9 Å². The van der Waals surface area contributed by atoms with Gasteiger partial charge >= 0.3 is 5.97 Å². The van der Waals surface area contributed by atoms with Crippen molar-refractivity contribution in [1.82, 2.24) is 4.57 Å². The Morgan fingerprint density at radius 2 is 1.89 bits per heavy atom. The lowest BCUT2D eigenvalue weighted by atomic mass is 10.0.